The van der Waals surface area contributed by atoms with Crippen molar-refractivity contribution in [1.82, 2.24) is 10.6 Å². The predicted molar refractivity (Wildman–Crippen MR) is 68.8 cm³/mol. The Hall–Kier alpha value is -0.610. The van der Waals surface area contributed by atoms with Crippen LogP contribution in [0.1, 0.15) is 45.4 Å². The number of carbonyl (C=O) groups excluding carboxylic acids is 1. The van der Waals surface area contributed by atoms with Crippen molar-refractivity contribution in [3.63, 3.8) is 0 Å². The molecule has 0 radical (unpaired) electrons. The van der Waals surface area contributed by atoms with Gasteiger partial charge in [-0.2, -0.15) is 0 Å². The van der Waals surface area contributed by atoms with Crippen LogP contribution in [0.5, 0.6) is 0 Å². The third kappa shape index (κ3) is 5.50. The van der Waals surface area contributed by atoms with Gasteiger partial charge >= 0.3 is 0 Å². The second-order valence-electron chi connectivity index (χ2n) is 5.36. The fourth-order valence-corrected chi connectivity index (χ4v) is 2.30. The first-order valence-electron chi connectivity index (χ1n) is 6.69. The van der Waals surface area contributed by atoms with Gasteiger partial charge in [0, 0.05) is 20.0 Å². The summed E-state index contributed by atoms with van der Waals surface area (Å²) in [5, 5.41) is 16.2. The molecule has 4 nitrogen and oxygen atoms in total. The van der Waals surface area contributed by atoms with Crippen LogP contribution in [-0.2, 0) is 4.79 Å². The van der Waals surface area contributed by atoms with E-state index in [-0.39, 0.29) is 5.91 Å². The van der Waals surface area contributed by atoms with Crippen molar-refractivity contribution in [3.8, 4) is 0 Å². The summed E-state index contributed by atoms with van der Waals surface area (Å²) in [6.45, 7) is 3.70. The smallest absolute Gasteiger partial charge is 0.219 e. The Morgan fingerprint density at radius 2 is 2.06 bits per heavy atom. The Kier molecular flexibility index (Phi) is 5.92. The van der Waals surface area contributed by atoms with Gasteiger partial charge in [0.25, 0.3) is 0 Å². The highest BCUT2D eigenvalue weighted by Gasteiger charge is 2.30. The van der Waals surface area contributed by atoms with Gasteiger partial charge in [-0.25, -0.2) is 0 Å². The molecule has 1 saturated carbocycles. The summed E-state index contributed by atoms with van der Waals surface area (Å²) in [4.78, 5) is 11.0. The lowest BCUT2D eigenvalue weighted by Crippen LogP contribution is -2.43. The minimum absolute atomic E-state index is 0.0806. The Bertz CT molecular complexity index is 236. The maximum atomic E-state index is 11.0. The highest BCUT2D eigenvalue weighted by Crippen LogP contribution is 2.31. The largest absolute Gasteiger partial charge is 0.389 e. The highest BCUT2D eigenvalue weighted by atomic mass is 16.3. The van der Waals surface area contributed by atoms with Crippen LogP contribution in [0.25, 0.3) is 0 Å². The zero-order valence-corrected chi connectivity index (χ0v) is 11.1. The van der Waals surface area contributed by atoms with Crippen molar-refractivity contribution in [3.05, 3.63) is 0 Å². The van der Waals surface area contributed by atoms with Crippen molar-refractivity contribution in [2.75, 3.05) is 20.1 Å². The van der Waals surface area contributed by atoms with Crippen LogP contribution in [0.2, 0.25) is 0 Å². The van der Waals surface area contributed by atoms with E-state index in [9.17, 15) is 9.90 Å². The Balaban J connectivity index is 2.07. The molecule has 0 aromatic carbocycles. The average molecular weight is 242 g/mol. The van der Waals surface area contributed by atoms with Crippen molar-refractivity contribution >= 4 is 5.91 Å². The van der Waals surface area contributed by atoms with E-state index in [4.69, 9.17) is 0 Å². The van der Waals surface area contributed by atoms with Gasteiger partial charge in [0.15, 0.2) is 0 Å². The summed E-state index contributed by atoms with van der Waals surface area (Å²) in [6.07, 6.45) is 5.42. The van der Waals surface area contributed by atoms with Crippen LogP contribution >= 0.6 is 0 Å². The molecule has 1 aliphatic rings. The Labute approximate surface area is 104 Å². The van der Waals surface area contributed by atoms with Gasteiger partial charge in [-0.3, -0.25) is 4.79 Å². The summed E-state index contributed by atoms with van der Waals surface area (Å²) in [5.41, 5.74) is -0.514. The summed E-state index contributed by atoms with van der Waals surface area (Å²) in [6, 6.07) is 0. The number of amides is 1. The maximum Gasteiger partial charge on any atom is 0.219 e. The molecular formula is C13H26N2O2. The van der Waals surface area contributed by atoms with Crippen LogP contribution in [0.3, 0.4) is 0 Å². The lowest BCUT2D eigenvalue weighted by Gasteiger charge is -2.35. The van der Waals surface area contributed by atoms with Gasteiger partial charge in [-0.1, -0.05) is 6.92 Å². The molecule has 0 unspecified atom stereocenters. The second-order valence-corrected chi connectivity index (χ2v) is 5.36. The van der Waals surface area contributed by atoms with E-state index in [1.165, 1.54) is 0 Å². The van der Waals surface area contributed by atoms with Crippen molar-refractivity contribution in [2.45, 2.75) is 51.0 Å². The van der Waals surface area contributed by atoms with Crippen molar-refractivity contribution < 1.29 is 9.90 Å². The van der Waals surface area contributed by atoms with Crippen LogP contribution in [0, 0.1) is 5.92 Å². The SMILES string of the molecule is CNC(=O)CCCNCC1(O)CCC(C)CC1. The topological polar surface area (TPSA) is 61.4 Å². The molecule has 0 saturated heterocycles. The number of hydrogen-bond donors (Lipinski definition) is 3. The van der Waals surface area contributed by atoms with Gasteiger partial charge in [0.05, 0.1) is 5.60 Å². The molecule has 17 heavy (non-hydrogen) atoms. The van der Waals surface area contributed by atoms with E-state index >= 15 is 0 Å². The van der Waals surface area contributed by atoms with Gasteiger partial charge in [0.1, 0.15) is 0 Å². The number of hydrogen-bond acceptors (Lipinski definition) is 3. The van der Waals surface area contributed by atoms with Crippen LogP contribution < -0.4 is 10.6 Å². The molecule has 0 spiro atoms. The summed E-state index contributed by atoms with van der Waals surface area (Å²) in [5.74, 6) is 0.834. The number of rotatable bonds is 6. The highest BCUT2D eigenvalue weighted by molar-refractivity contribution is 5.75. The molecule has 0 aliphatic heterocycles. The van der Waals surface area contributed by atoms with Crippen LogP contribution in [0.4, 0.5) is 0 Å². The molecule has 1 aliphatic carbocycles. The fraction of sp³-hybridized carbons (Fsp3) is 0.923. The van der Waals surface area contributed by atoms with Crippen molar-refractivity contribution in [1.29, 1.82) is 0 Å². The zero-order valence-electron chi connectivity index (χ0n) is 11.1. The number of aliphatic hydroxyl groups is 1. The van der Waals surface area contributed by atoms with Crippen LogP contribution in [0.15, 0.2) is 0 Å². The molecule has 1 amide bonds. The minimum atomic E-state index is -0.514. The quantitative estimate of drug-likeness (QED) is 0.610. The second kappa shape index (κ2) is 6.97. The molecular weight excluding hydrogens is 216 g/mol. The van der Waals surface area contributed by atoms with Crippen LogP contribution in [-0.4, -0.2) is 36.8 Å². The molecule has 0 aromatic heterocycles. The lowest BCUT2D eigenvalue weighted by atomic mass is 9.79. The zero-order chi connectivity index (χ0) is 12.7. The van der Waals surface area contributed by atoms with E-state index in [1.54, 1.807) is 7.05 Å². The van der Waals surface area contributed by atoms with Gasteiger partial charge < -0.3 is 15.7 Å². The third-order valence-electron chi connectivity index (χ3n) is 3.70. The van der Waals surface area contributed by atoms with E-state index < -0.39 is 5.60 Å². The first-order valence-corrected chi connectivity index (χ1v) is 6.69. The third-order valence-corrected chi connectivity index (χ3v) is 3.70. The van der Waals surface area contributed by atoms with Gasteiger partial charge in [-0.15, -0.1) is 0 Å². The monoisotopic (exact) mass is 242 g/mol. The minimum Gasteiger partial charge on any atom is -0.389 e. The van der Waals surface area contributed by atoms with E-state index in [0.29, 0.717) is 13.0 Å². The van der Waals surface area contributed by atoms with E-state index in [2.05, 4.69) is 17.6 Å². The molecule has 0 aromatic rings. The van der Waals surface area contributed by atoms with E-state index in [0.717, 1.165) is 44.6 Å². The summed E-state index contributed by atoms with van der Waals surface area (Å²) < 4.78 is 0. The lowest BCUT2D eigenvalue weighted by molar-refractivity contribution is -0.120. The standard InChI is InChI=1S/C13H26N2O2/c1-11-5-7-13(17,8-6-11)10-15-9-3-4-12(16)14-2/h11,15,17H,3-10H2,1-2H3,(H,14,16). The number of carbonyl (C=O) groups is 1. The fourth-order valence-electron chi connectivity index (χ4n) is 2.30. The maximum absolute atomic E-state index is 11.0. The molecule has 0 heterocycles. The van der Waals surface area contributed by atoms with Gasteiger partial charge in [-0.05, 0) is 44.6 Å². The first kappa shape index (κ1) is 14.5. The molecule has 1 rings (SSSR count). The van der Waals surface area contributed by atoms with Gasteiger partial charge in [0.2, 0.25) is 5.91 Å². The summed E-state index contributed by atoms with van der Waals surface area (Å²) >= 11 is 0. The molecule has 3 N–H and O–H groups in total. The molecule has 4 heteroatoms. The first-order chi connectivity index (χ1) is 8.06. The van der Waals surface area contributed by atoms with Crippen molar-refractivity contribution in [2.24, 2.45) is 5.92 Å². The molecule has 0 bridgehead atoms. The normalized spacial score (nSPS) is 29.0. The predicted octanol–water partition coefficient (Wildman–Crippen LogP) is 1.04. The molecule has 100 valence electrons. The van der Waals surface area contributed by atoms with E-state index in [1.807, 2.05) is 0 Å². The Morgan fingerprint density at radius 3 is 2.65 bits per heavy atom. The average Bonchev–Trinajstić information content (AvgIpc) is 2.32. The molecule has 0 atom stereocenters. The summed E-state index contributed by atoms with van der Waals surface area (Å²) in [7, 11) is 1.65. The number of nitrogens with one attached hydrogen (secondary N) is 2. The molecule has 1 fully saturated rings. The Morgan fingerprint density at radius 1 is 1.41 bits per heavy atom.